The standard InChI is InChI=1S/C18H27NO3/c1-3-13-8-5-6-11-19(13)17-14-9-7-10-16(21-4-2)18(14)22-12-15(17)20/h7,9-10,13,15,17,20H,3-6,8,11-12H2,1-2H3. The van der Waals surface area contributed by atoms with Crippen LogP contribution in [0.3, 0.4) is 0 Å². The second-order valence-corrected chi connectivity index (χ2v) is 6.23. The van der Waals surface area contributed by atoms with E-state index in [2.05, 4.69) is 17.9 Å². The number of hydrogen-bond donors (Lipinski definition) is 1. The van der Waals surface area contributed by atoms with E-state index >= 15 is 0 Å². The summed E-state index contributed by atoms with van der Waals surface area (Å²) >= 11 is 0. The van der Waals surface area contributed by atoms with E-state index in [-0.39, 0.29) is 6.04 Å². The lowest BCUT2D eigenvalue weighted by Gasteiger charge is -2.45. The Morgan fingerprint density at radius 1 is 1.32 bits per heavy atom. The number of piperidine rings is 1. The molecule has 0 bridgehead atoms. The van der Waals surface area contributed by atoms with E-state index in [0.717, 1.165) is 30.0 Å². The molecule has 0 radical (unpaired) electrons. The van der Waals surface area contributed by atoms with Crippen molar-refractivity contribution in [3.05, 3.63) is 23.8 Å². The molecule has 0 saturated carbocycles. The highest BCUT2D eigenvalue weighted by molar-refractivity contribution is 5.49. The molecule has 1 fully saturated rings. The first-order valence-electron chi connectivity index (χ1n) is 8.58. The van der Waals surface area contributed by atoms with Gasteiger partial charge in [-0.15, -0.1) is 0 Å². The van der Waals surface area contributed by atoms with Gasteiger partial charge in [-0.3, -0.25) is 4.90 Å². The van der Waals surface area contributed by atoms with Gasteiger partial charge in [0, 0.05) is 11.6 Å². The highest BCUT2D eigenvalue weighted by atomic mass is 16.5. The predicted octanol–water partition coefficient (Wildman–Crippen LogP) is 3.14. The van der Waals surface area contributed by atoms with Crippen LogP contribution in [0.5, 0.6) is 11.5 Å². The second kappa shape index (κ2) is 6.88. The molecule has 22 heavy (non-hydrogen) atoms. The molecular formula is C18H27NO3. The van der Waals surface area contributed by atoms with Gasteiger partial charge in [-0.1, -0.05) is 25.5 Å². The molecule has 2 heterocycles. The summed E-state index contributed by atoms with van der Waals surface area (Å²) in [6.07, 6.45) is 4.38. The van der Waals surface area contributed by atoms with Crippen LogP contribution in [0.1, 0.15) is 51.1 Å². The summed E-state index contributed by atoms with van der Waals surface area (Å²) < 4.78 is 11.5. The number of hydrogen-bond acceptors (Lipinski definition) is 4. The molecule has 0 aromatic heterocycles. The number of likely N-dealkylation sites (tertiary alicyclic amines) is 1. The summed E-state index contributed by atoms with van der Waals surface area (Å²) in [6, 6.07) is 6.60. The maximum atomic E-state index is 10.6. The van der Waals surface area contributed by atoms with Crippen molar-refractivity contribution in [2.45, 2.75) is 57.7 Å². The molecule has 3 rings (SSSR count). The molecule has 3 unspecified atom stereocenters. The summed E-state index contributed by atoms with van der Waals surface area (Å²) in [5.41, 5.74) is 1.07. The zero-order valence-electron chi connectivity index (χ0n) is 13.6. The largest absolute Gasteiger partial charge is 0.490 e. The van der Waals surface area contributed by atoms with Gasteiger partial charge in [0.25, 0.3) is 0 Å². The van der Waals surface area contributed by atoms with E-state index in [1.807, 2.05) is 19.1 Å². The molecule has 1 aromatic carbocycles. The third-order valence-electron chi connectivity index (χ3n) is 4.89. The average molecular weight is 305 g/mol. The molecule has 0 amide bonds. The highest BCUT2D eigenvalue weighted by Crippen LogP contribution is 2.44. The summed E-state index contributed by atoms with van der Waals surface area (Å²) in [4.78, 5) is 2.49. The van der Waals surface area contributed by atoms with Crippen molar-refractivity contribution in [1.82, 2.24) is 4.90 Å². The van der Waals surface area contributed by atoms with Crippen LogP contribution in [-0.2, 0) is 0 Å². The van der Waals surface area contributed by atoms with Crippen molar-refractivity contribution in [3.63, 3.8) is 0 Å². The first kappa shape index (κ1) is 15.6. The number of nitrogens with zero attached hydrogens (tertiary/aromatic N) is 1. The molecule has 0 spiro atoms. The van der Waals surface area contributed by atoms with Crippen LogP contribution < -0.4 is 9.47 Å². The van der Waals surface area contributed by atoms with Gasteiger partial charge in [-0.25, -0.2) is 0 Å². The summed E-state index contributed by atoms with van der Waals surface area (Å²) in [7, 11) is 0. The fourth-order valence-corrected chi connectivity index (χ4v) is 3.88. The number of benzene rings is 1. The van der Waals surface area contributed by atoms with Crippen LogP contribution in [0, 0.1) is 0 Å². The monoisotopic (exact) mass is 305 g/mol. The molecule has 1 aromatic rings. The third kappa shape index (κ3) is 2.82. The van der Waals surface area contributed by atoms with Crippen molar-refractivity contribution in [2.24, 2.45) is 0 Å². The highest BCUT2D eigenvalue weighted by Gasteiger charge is 2.38. The van der Waals surface area contributed by atoms with Crippen LogP contribution in [0.15, 0.2) is 18.2 Å². The molecule has 1 saturated heterocycles. The number of para-hydroxylation sites is 1. The summed E-state index contributed by atoms with van der Waals surface area (Å²) in [5, 5.41) is 10.6. The Kier molecular flexibility index (Phi) is 4.89. The van der Waals surface area contributed by atoms with Gasteiger partial charge in [0.2, 0.25) is 0 Å². The van der Waals surface area contributed by atoms with Gasteiger partial charge >= 0.3 is 0 Å². The Balaban J connectivity index is 1.96. The van der Waals surface area contributed by atoms with Crippen LogP contribution >= 0.6 is 0 Å². The number of ether oxygens (including phenoxy) is 2. The minimum atomic E-state index is -0.475. The van der Waals surface area contributed by atoms with Crippen LogP contribution in [0.25, 0.3) is 0 Å². The lowest BCUT2D eigenvalue weighted by Crippen LogP contribution is -2.48. The summed E-state index contributed by atoms with van der Waals surface area (Å²) in [6.45, 7) is 6.24. The van der Waals surface area contributed by atoms with E-state index in [9.17, 15) is 5.11 Å². The van der Waals surface area contributed by atoms with Gasteiger partial charge in [-0.2, -0.15) is 0 Å². The average Bonchev–Trinajstić information content (AvgIpc) is 2.55. The Labute approximate surface area is 133 Å². The Bertz CT molecular complexity index is 505. The Hall–Kier alpha value is -1.26. The maximum Gasteiger partial charge on any atom is 0.166 e. The van der Waals surface area contributed by atoms with Gasteiger partial charge < -0.3 is 14.6 Å². The van der Waals surface area contributed by atoms with E-state index < -0.39 is 6.10 Å². The summed E-state index contributed by atoms with van der Waals surface area (Å²) in [5.74, 6) is 1.61. The predicted molar refractivity (Wildman–Crippen MR) is 86.5 cm³/mol. The molecule has 0 aliphatic carbocycles. The third-order valence-corrected chi connectivity index (χ3v) is 4.89. The van der Waals surface area contributed by atoms with Crippen molar-refractivity contribution in [1.29, 1.82) is 0 Å². The molecule has 3 atom stereocenters. The minimum Gasteiger partial charge on any atom is -0.490 e. The van der Waals surface area contributed by atoms with Crippen LogP contribution in [-0.4, -0.2) is 41.9 Å². The molecule has 2 aliphatic rings. The van der Waals surface area contributed by atoms with E-state index in [1.54, 1.807) is 0 Å². The van der Waals surface area contributed by atoms with E-state index in [4.69, 9.17) is 9.47 Å². The number of aliphatic hydroxyl groups excluding tert-OH is 1. The first-order chi connectivity index (χ1) is 10.8. The van der Waals surface area contributed by atoms with Crippen molar-refractivity contribution in [3.8, 4) is 11.5 Å². The molecule has 1 N–H and O–H groups in total. The molecule has 4 nitrogen and oxygen atoms in total. The second-order valence-electron chi connectivity index (χ2n) is 6.23. The topological polar surface area (TPSA) is 41.9 Å². The van der Waals surface area contributed by atoms with E-state index in [0.29, 0.717) is 19.3 Å². The van der Waals surface area contributed by atoms with Gasteiger partial charge in [0.15, 0.2) is 11.5 Å². The first-order valence-corrected chi connectivity index (χ1v) is 8.58. The van der Waals surface area contributed by atoms with Gasteiger partial charge in [0.1, 0.15) is 12.7 Å². The van der Waals surface area contributed by atoms with Gasteiger partial charge in [-0.05, 0) is 38.8 Å². The molecular weight excluding hydrogens is 278 g/mol. The smallest absolute Gasteiger partial charge is 0.166 e. The van der Waals surface area contributed by atoms with Crippen LogP contribution in [0.2, 0.25) is 0 Å². The molecule has 4 heteroatoms. The van der Waals surface area contributed by atoms with E-state index in [1.165, 1.54) is 19.3 Å². The quantitative estimate of drug-likeness (QED) is 0.928. The Morgan fingerprint density at radius 3 is 2.95 bits per heavy atom. The normalized spacial score (nSPS) is 28.8. The zero-order chi connectivity index (χ0) is 15.5. The van der Waals surface area contributed by atoms with Crippen molar-refractivity contribution in [2.75, 3.05) is 19.8 Å². The molecule has 2 aliphatic heterocycles. The van der Waals surface area contributed by atoms with Gasteiger partial charge in [0.05, 0.1) is 12.6 Å². The maximum absolute atomic E-state index is 10.6. The SMILES string of the molecule is CCOc1cccc2c1OCC(O)C2N1CCCCC1CC. The fourth-order valence-electron chi connectivity index (χ4n) is 3.88. The lowest BCUT2D eigenvalue weighted by atomic mass is 9.90. The minimum absolute atomic E-state index is 0.0226. The molecule has 122 valence electrons. The number of fused-ring (bicyclic) bond motifs is 1. The van der Waals surface area contributed by atoms with Crippen LogP contribution in [0.4, 0.5) is 0 Å². The number of rotatable bonds is 4. The van der Waals surface area contributed by atoms with Crippen molar-refractivity contribution >= 4 is 0 Å². The Morgan fingerprint density at radius 2 is 2.18 bits per heavy atom. The number of aliphatic hydroxyl groups is 1. The fraction of sp³-hybridized carbons (Fsp3) is 0.667. The zero-order valence-corrected chi connectivity index (χ0v) is 13.6. The van der Waals surface area contributed by atoms with Crippen molar-refractivity contribution < 1.29 is 14.6 Å². The lowest BCUT2D eigenvalue weighted by molar-refractivity contribution is -0.0299.